The molecule has 0 radical (unpaired) electrons. The quantitative estimate of drug-likeness (QED) is 0.774. The molecule has 0 amide bonds. The summed E-state index contributed by atoms with van der Waals surface area (Å²) in [5, 5.41) is 0. The van der Waals surface area contributed by atoms with Crippen LogP contribution in [0.1, 0.15) is 72.6 Å². The number of methoxy groups -OCH3 is 1. The molecule has 1 rings (SSSR count). The van der Waals surface area contributed by atoms with E-state index >= 15 is 0 Å². The Morgan fingerprint density at radius 1 is 1.17 bits per heavy atom. The Morgan fingerprint density at radius 2 is 1.72 bits per heavy atom. The molecule has 0 bridgehead atoms. The second kappa shape index (κ2) is 6.38. The predicted molar refractivity (Wildman–Crippen MR) is 78.7 cm³/mol. The van der Waals surface area contributed by atoms with Gasteiger partial charge < -0.3 is 10.5 Å². The maximum Gasteiger partial charge on any atom is 0.0829 e. The van der Waals surface area contributed by atoms with E-state index in [1.54, 1.807) is 0 Å². The number of hydrogen-bond acceptors (Lipinski definition) is 2. The number of ether oxygens (including phenoxy) is 1. The van der Waals surface area contributed by atoms with Gasteiger partial charge in [-0.2, -0.15) is 0 Å². The first-order valence-electron chi connectivity index (χ1n) is 7.66. The summed E-state index contributed by atoms with van der Waals surface area (Å²) in [6, 6.07) is 0.195. The largest absolute Gasteiger partial charge is 0.377 e. The minimum atomic E-state index is -0.0580. The van der Waals surface area contributed by atoms with Gasteiger partial charge in [-0.3, -0.25) is 0 Å². The fraction of sp³-hybridized carbons (Fsp3) is 1.00. The summed E-state index contributed by atoms with van der Waals surface area (Å²) in [6.07, 6.45) is 8.34. The second-order valence-electron chi connectivity index (χ2n) is 7.17. The lowest BCUT2D eigenvalue weighted by molar-refractivity contribution is -0.0821. The summed E-state index contributed by atoms with van der Waals surface area (Å²) >= 11 is 0. The van der Waals surface area contributed by atoms with Crippen LogP contribution in [0.2, 0.25) is 0 Å². The first-order valence-corrected chi connectivity index (χ1v) is 7.66. The molecule has 2 atom stereocenters. The summed E-state index contributed by atoms with van der Waals surface area (Å²) in [6.45, 7) is 9.28. The Bertz CT molecular complexity index is 239. The summed E-state index contributed by atoms with van der Waals surface area (Å²) in [4.78, 5) is 0. The van der Waals surface area contributed by atoms with Crippen LogP contribution in [0.25, 0.3) is 0 Å². The van der Waals surface area contributed by atoms with Crippen molar-refractivity contribution in [1.29, 1.82) is 0 Å². The lowest BCUT2D eigenvalue weighted by atomic mass is 9.67. The first kappa shape index (κ1) is 16.0. The van der Waals surface area contributed by atoms with Gasteiger partial charge in [-0.15, -0.1) is 0 Å². The highest BCUT2D eigenvalue weighted by Gasteiger charge is 2.42. The highest BCUT2D eigenvalue weighted by Crippen LogP contribution is 2.44. The van der Waals surface area contributed by atoms with E-state index in [4.69, 9.17) is 10.5 Å². The van der Waals surface area contributed by atoms with Crippen molar-refractivity contribution in [2.45, 2.75) is 84.3 Å². The topological polar surface area (TPSA) is 35.2 Å². The molecule has 2 heteroatoms. The van der Waals surface area contributed by atoms with E-state index in [-0.39, 0.29) is 11.6 Å². The molecule has 1 aliphatic rings. The lowest BCUT2D eigenvalue weighted by Gasteiger charge is -2.46. The van der Waals surface area contributed by atoms with Gasteiger partial charge in [0.15, 0.2) is 0 Å². The second-order valence-corrected chi connectivity index (χ2v) is 7.17. The minimum absolute atomic E-state index is 0.0580. The van der Waals surface area contributed by atoms with E-state index in [9.17, 15) is 0 Å². The average Bonchev–Trinajstić information content (AvgIpc) is 2.30. The van der Waals surface area contributed by atoms with Crippen LogP contribution in [-0.2, 0) is 4.74 Å². The Kier molecular flexibility index (Phi) is 5.67. The molecule has 0 saturated heterocycles. The van der Waals surface area contributed by atoms with E-state index < -0.39 is 0 Å². The summed E-state index contributed by atoms with van der Waals surface area (Å²) in [5.74, 6) is 0.715. The molecule has 1 saturated carbocycles. The average molecular weight is 255 g/mol. The molecule has 0 aromatic carbocycles. The summed E-state index contributed by atoms with van der Waals surface area (Å²) in [7, 11) is 1.85. The van der Waals surface area contributed by atoms with Crippen LogP contribution in [0.4, 0.5) is 0 Å². The monoisotopic (exact) mass is 255 g/mol. The molecule has 2 unspecified atom stereocenters. The molecule has 1 aliphatic carbocycles. The minimum Gasteiger partial charge on any atom is -0.377 e. The van der Waals surface area contributed by atoms with Crippen LogP contribution >= 0.6 is 0 Å². The van der Waals surface area contributed by atoms with Crippen molar-refractivity contribution in [2.24, 2.45) is 17.1 Å². The van der Waals surface area contributed by atoms with Gasteiger partial charge in [0.1, 0.15) is 0 Å². The molecule has 18 heavy (non-hydrogen) atoms. The van der Waals surface area contributed by atoms with Gasteiger partial charge in [0.2, 0.25) is 0 Å². The number of rotatable bonds is 6. The maximum absolute atomic E-state index is 6.49. The van der Waals surface area contributed by atoms with Crippen molar-refractivity contribution in [2.75, 3.05) is 7.11 Å². The SMILES string of the molecule is CCCC(C)CC(N)C1(OC)CCC(C)(C)CC1. The summed E-state index contributed by atoms with van der Waals surface area (Å²) < 4.78 is 5.89. The molecule has 2 N–H and O–H groups in total. The third kappa shape index (κ3) is 3.96. The van der Waals surface area contributed by atoms with E-state index in [1.807, 2.05) is 7.11 Å². The molecular formula is C16H33NO. The van der Waals surface area contributed by atoms with Gasteiger partial charge in [-0.1, -0.05) is 40.5 Å². The normalized spacial score (nSPS) is 25.7. The van der Waals surface area contributed by atoms with Crippen LogP contribution in [-0.4, -0.2) is 18.8 Å². The highest BCUT2D eigenvalue weighted by atomic mass is 16.5. The maximum atomic E-state index is 6.49. The Balaban J connectivity index is 2.59. The van der Waals surface area contributed by atoms with Gasteiger partial charge in [-0.05, 0) is 43.4 Å². The molecule has 108 valence electrons. The van der Waals surface area contributed by atoms with Gasteiger partial charge in [0, 0.05) is 13.2 Å². The van der Waals surface area contributed by atoms with Crippen molar-refractivity contribution >= 4 is 0 Å². The highest BCUT2D eigenvalue weighted by molar-refractivity contribution is 4.97. The Morgan fingerprint density at radius 3 is 2.17 bits per heavy atom. The zero-order valence-electron chi connectivity index (χ0n) is 13.1. The molecule has 2 nitrogen and oxygen atoms in total. The molecule has 0 aromatic rings. The van der Waals surface area contributed by atoms with E-state index in [1.165, 1.54) is 25.7 Å². The van der Waals surface area contributed by atoms with Crippen molar-refractivity contribution in [3.8, 4) is 0 Å². The third-order valence-electron chi connectivity index (χ3n) is 4.97. The van der Waals surface area contributed by atoms with Crippen LogP contribution < -0.4 is 5.73 Å². The van der Waals surface area contributed by atoms with Crippen LogP contribution in [0.15, 0.2) is 0 Å². The molecule has 0 heterocycles. The zero-order valence-corrected chi connectivity index (χ0v) is 13.1. The van der Waals surface area contributed by atoms with E-state index in [2.05, 4.69) is 27.7 Å². The van der Waals surface area contributed by atoms with Gasteiger partial charge in [0.05, 0.1) is 5.60 Å². The van der Waals surface area contributed by atoms with Crippen LogP contribution in [0.5, 0.6) is 0 Å². The number of nitrogens with two attached hydrogens (primary N) is 1. The van der Waals surface area contributed by atoms with E-state index in [0.29, 0.717) is 11.3 Å². The fourth-order valence-electron chi connectivity index (χ4n) is 3.34. The summed E-state index contributed by atoms with van der Waals surface area (Å²) in [5.41, 5.74) is 6.90. The number of hydrogen-bond donors (Lipinski definition) is 1. The first-order chi connectivity index (χ1) is 8.35. The smallest absolute Gasteiger partial charge is 0.0829 e. The third-order valence-corrected chi connectivity index (χ3v) is 4.97. The molecular weight excluding hydrogens is 222 g/mol. The predicted octanol–water partition coefficient (Wildman–Crippen LogP) is 4.13. The van der Waals surface area contributed by atoms with Crippen LogP contribution in [0.3, 0.4) is 0 Å². The van der Waals surface area contributed by atoms with Gasteiger partial charge >= 0.3 is 0 Å². The Labute approximate surface area is 114 Å². The Hall–Kier alpha value is -0.0800. The van der Waals surface area contributed by atoms with Crippen molar-refractivity contribution < 1.29 is 4.74 Å². The zero-order chi connectivity index (χ0) is 13.8. The molecule has 0 spiro atoms. The fourth-order valence-corrected chi connectivity index (χ4v) is 3.34. The molecule has 0 aliphatic heterocycles. The van der Waals surface area contributed by atoms with Gasteiger partial charge in [0.25, 0.3) is 0 Å². The molecule has 0 aromatic heterocycles. The van der Waals surface area contributed by atoms with Crippen LogP contribution in [0, 0.1) is 11.3 Å². The van der Waals surface area contributed by atoms with Gasteiger partial charge in [-0.25, -0.2) is 0 Å². The van der Waals surface area contributed by atoms with Crippen molar-refractivity contribution in [3.05, 3.63) is 0 Å². The molecule has 1 fully saturated rings. The van der Waals surface area contributed by atoms with E-state index in [0.717, 1.165) is 19.3 Å². The standard InChI is InChI=1S/C16H33NO/c1-6-7-13(2)12-14(17)16(18-5)10-8-15(3,4)9-11-16/h13-14H,6-12,17H2,1-5H3. The van der Waals surface area contributed by atoms with Crippen molar-refractivity contribution in [3.63, 3.8) is 0 Å². The lowest BCUT2D eigenvalue weighted by Crippen LogP contribution is -2.53. The van der Waals surface area contributed by atoms with Crippen molar-refractivity contribution in [1.82, 2.24) is 0 Å².